The molecule has 0 unspecified atom stereocenters. The van der Waals surface area contributed by atoms with E-state index in [9.17, 15) is 9.59 Å². The molecule has 0 fully saturated rings. The second-order valence-electron chi connectivity index (χ2n) is 5.57. The first-order chi connectivity index (χ1) is 10.8. The predicted octanol–water partition coefficient (Wildman–Crippen LogP) is 4.22. The molecule has 1 N–H and O–H groups in total. The number of carboxylic acid groups (broad SMARTS) is 1. The molecule has 3 rings (SSSR count). The van der Waals surface area contributed by atoms with E-state index in [0.717, 1.165) is 11.1 Å². The summed E-state index contributed by atoms with van der Waals surface area (Å²) in [7, 11) is 0. The number of ketones is 1. The second kappa shape index (κ2) is 5.82. The minimum atomic E-state index is -1.11. The topological polar surface area (TPSA) is 63.6 Å². The van der Waals surface area contributed by atoms with Gasteiger partial charge in [-0.3, -0.25) is 4.79 Å². The largest absolute Gasteiger partial charge is 0.480 e. The number of ether oxygens (including phenoxy) is 1. The molecule has 7 heteroatoms. The predicted molar refractivity (Wildman–Crippen MR) is 89.3 cm³/mol. The Morgan fingerprint density at radius 3 is 2.78 bits per heavy atom. The van der Waals surface area contributed by atoms with Crippen molar-refractivity contribution in [2.45, 2.75) is 18.8 Å². The first-order valence-corrected chi connectivity index (χ1v) is 8.47. The van der Waals surface area contributed by atoms with Gasteiger partial charge in [-0.25, -0.2) is 4.79 Å². The van der Waals surface area contributed by atoms with Gasteiger partial charge in [0.25, 0.3) is 0 Å². The number of halogens is 2. The van der Waals surface area contributed by atoms with Crippen LogP contribution in [-0.4, -0.2) is 23.5 Å². The Bertz CT molecular complexity index is 801. The average molecular weight is 371 g/mol. The average Bonchev–Trinajstić information content (AvgIpc) is 3.10. The summed E-state index contributed by atoms with van der Waals surface area (Å²) >= 11 is 13.9. The number of carbonyl (C=O) groups is 2. The van der Waals surface area contributed by atoms with Crippen LogP contribution in [-0.2, 0) is 16.6 Å². The van der Waals surface area contributed by atoms with Crippen molar-refractivity contribution < 1.29 is 19.4 Å². The smallest absolute Gasteiger partial charge is 0.341 e. The first kappa shape index (κ1) is 16.3. The third kappa shape index (κ3) is 2.63. The van der Waals surface area contributed by atoms with E-state index in [-0.39, 0.29) is 21.6 Å². The highest BCUT2D eigenvalue weighted by molar-refractivity contribution is 7.08. The SMILES string of the molecule is C[C@@]1(c2ccsc2)Cc2cc(OCC(=O)O)c(Cl)c(Cl)c2C1=O. The number of rotatable bonds is 4. The number of carbonyl (C=O) groups excluding carboxylic acids is 1. The van der Waals surface area contributed by atoms with Crippen LogP contribution in [0.1, 0.15) is 28.4 Å². The van der Waals surface area contributed by atoms with E-state index in [0.29, 0.717) is 12.0 Å². The highest BCUT2D eigenvalue weighted by atomic mass is 35.5. The van der Waals surface area contributed by atoms with Crippen LogP contribution in [0.4, 0.5) is 0 Å². The molecule has 0 saturated carbocycles. The Kier molecular flexibility index (Phi) is 4.12. The zero-order valence-corrected chi connectivity index (χ0v) is 14.4. The highest BCUT2D eigenvalue weighted by Gasteiger charge is 2.45. The van der Waals surface area contributed by atoms with Gasteiger partial charge in [0.1, 0.15) is 10.8 Å². The molecule has 0 radical (unpaired) electrons. The van der Waals surface area contributed by atoms with E-state index in [1.165, 1.54) is 11.3 Å². The van der Waals surface area contributed by atoms with Gasteiger partial charge in [0.2, 0.25) is 0 Å². The van der Waals surface area contributed by atoms with Crippen LogP contribution in [0.15, 0.2) is 22.9 Å². The fourth-order valence-electron chi connectivity index (χ4n) is 2.83. The molecule has 120 valence electrons. The van der Waals surface area contributed by atoms with Gasteiger partial charge in [0, 0.05) is 5.56 Å². The standard InChI is InChI=1S/C16H12Cl2O4S/c1-16(9-2-3-23-7-9)5-8-4-10(22-6-11(19)20)13(17)14(18)12(8)15(16)21/h2-4,7H,5-6H2,1H3,(H,19,20)/t16-/m0/s1. The summed E-state index contributed by atoms with van der Waals surface area (Å²) in [4.78, 5) is 23.6. The molecule has 1 aliphatic rings. The van der Waals surface area contributed by atoms with Crippen molar-refractivity contribution in [3.8, 4) is 5.75 Å². The van der Waals surface area contributed by atoms with E-state index < -0.39 is 18.0 Å². The summed E-state index contributed by atoms with van der Waals surface area (Å²) in [5.74, 6) is -1.01. The van der Waals surface area contributed by atoms with Crippen molar-refractivity contribution in [2.75, 3.05) is 6.61 Å². The van der Waals surface area contributed by atoms with Gasteiger partial charge in [-0.1, -0.05) is 23.2 Å². The van der Waals surface area contributed by atoms with Crippen molar-refractivity contribution in [3.63, 3.8) is 0 Å². The summed E-state index contributed by atoms with van der Waals surface area (Å²) < 4.78 is 5.17. The molecule has 0 spiro atoms. The van der Waals surface area contributed by atoms with Crippen LogP contribution < -0.4 is 4.74 Å². The molecule has 1 aromatic heterocycles. The molecule has 0 saturated heterocycles. The third-order valence-corrected chi connectivity index (χ3v) is 5.57. The van der Waals surface area contributed by atoms with Crippen molar-refractivity contribution in [1.82, 2.24) is 0 Å². The molecule has 1 atom stereocenters. The lowest BCUT2D eigenvalue weighted by molar-refractivity contribution is -0.139. The molecular formula is C16H12Cl2O4S. The summed E-state index contributed by atoms with van der Waals surface area (Å²) in [6.45, 7) is 1.35. The number of hydrogen-bond acceptors (Lipinski definition) is 4. The monoisotopic (exact) mass is 370 g/mol. The van der Waals surface area contributed by atoms with E-state index in [1.54, 1.807) is 6.07 Å². The van der Waals surface area contributed by atoms with Crippen LogP contribution in [0, 0.1) is 0 Å². The summed E-state index contributed by atoms with van der Waals surface area (Å²) in [5, 5.41) is 12.8. The molecule has 1 aromatic carbocycles. The minimum absolute atomic E-state index is 0.0644. The van der Waals surface area contributed by atoms with Crippen LogP contribution in [0.5, 0.6) is 5.75 Å². The van der Waals surface area contributed by atoms with Crippen LogP contribution in [0.25, 0.3) is 0 Å². The fourth-order valence-corrected chi connectivity index (χ4v) is 4.12. The molecule has 0 aliphatic heterocycles. The summed E-state index contributed by atoms with van der Waals surface area (Å²) in [6.07, 6.45) is 0.470. The Morgan fingerprint density at radius 1 is 1.43 bits per heavy atom. The van der Waals surface area contributed by atoms with Crippen LogP contribution in [0.3, 0.4) is 0 Å². The number of thiophene rings is 1. The van der Waals surface area contributed by atoms with Gasteiger partial charge < -0.3 is 9.84 Å². The van der Waals surface area contributed by atoms with Gasteiger partial charge in [-0.05, 0) is 47.4 Å². The van der Waals surface area contributed by atoms with Crippen LogP contribution in [0.2, 0.25) is 10.0 Å². The lowest BCUT2D eigenvalue weighted by atomic mass is 9.80. The molecule has 2 aromatic rings. The van der Waals surface area contributed by atoms with Crippen molar-refractivity contribution in [3.05, 3.63) is 49.6 Å². The zero-order chi connectivity index (χ0) is 16.8. The van der Waals surface area contributed by atoms with E-state index in [1.807, 2.05) is 23.8 Å². The summed E-state index contributed by atoms with van der Waals surface area (Å²) in [6, 6.07) is 3.54. The van der Waals surface area contributed by atoms with Gasteiger partial charge in [-0.15, -0.1) is 0 Å². The van der Waals surface area contributed by atoms with Gasteiger partial charge in [-0.2, -0.15) is 11.3 Å². The zero-order valence-electron chi connectivity index (χ0n) is 12.1. The maximum absolute atomic E-state index is 12.9. The van der Waals surface area contributed by atoms with Gasteiger partial charge in [0.05, 0.1) is 10.4 Å². The molecule has 4 nitrogen and oxygen atoms in total. The number of hydrogen-bond donors (Lipinski definition) is 1. The summed E-state index contributed by atoms with van der Waals surface area (Å²) in [5.41, 5.74) is 1.36. The lowest BCUT2D eigenvalue weighted by Gasteiger charge is -2.20. The Hall–Kier alpha value is -1.56. The highest BCUT2D eigenvalue weighted by Crippen LogP contribution is 2.47. The minimum Gasteiger partial charge on any atom is -0.480 e. The van der Waals surface area contributed by atoms with Crippen molar-refractivity contribution in [2.24, 2.45) is 0 Å². The van der Waals surface area contributed by atoms with E-state index in [4.69, 9.17) is 33.0 Å². The molecule has 23 heavy (non-hydrogen) atoms. The first-order valence-electron chi connectivity index (χ1n) is 6.77. The fraction of sp³-hybridized carbons (Fsp3) is 0.250. The Labute approximate surface area is 146 Å². The van der Waals surface area contributed by atoms with E-state index >= 15 is 0 Å². The van der Waals surface area contributed by atoms with Crippen molar-refractivity contribution in [1.29, 1.82) is 0 Å². The Balaban J connectivity index is 2.05. The molecule has 1 heterocycles. The quantitative estimate of drug-likeness (QED) is 0.874. The maximum Gasteiger partial charge on any atom is 0.341 e. The second-order valence-corrected chi connectivity index (χ2v) is 7.11. The normalized spacial score (nSPS) is 19.7. The van der Waals surface area contributed by atoms with Gasteiger partial charge >= 0.3 is 5.97 Å². The molecule has 0 amide bonds. The maximum atomic E-state index is 12.9. The van der Waals surface area contributed by atoms with E-state index in [2.05, 4.69) is 0 Å². The number of Topliss-reactive ketones (excluding diaryl/α,β-unsaturated/α-hetero) is 1. The third-order valence-electron chi connectivity index (χ3n) is 4.04. The molecule has 0 bridgehead atoms. The Morgan fingerprint density at radius 2 is 2.17 bits per heavy atom. The molecular weight excluding hydrogens is 359 g/mol. The number of carboxylic acids is 1. The lowest BCUT2D eigenvalue weighted by Crippen LogP contribution is -2.28. The van der Waals surface area contributed by atoms with Crippen LogP contribution >= 0.6 is 34.5 Å². The number of fused-ring (bicyclic) bond motifs is 1. The van der Waals surface area contributed by atoms with Crippen molar-refractivity contribution >= 4 is 46.3 Å². The number of aliphatic carboxylic acids is 1. The molecule has 1 aliphatic carbocycles. The number of benzene rings is 1. The van der Waals surface area contributed by atoms with Gasteiger partial charge in [0.15, 0.2) is 12.4 Å².